The summed E-state index contributed by atoms with van der Waals surface area (Å²) < 4.78 is 41.2. The quantitative estimate of drug-likeness (QED) is 0.534. The maximum absolute atomic E-state index is 13.2. The fraction of sp³-hybridized carbons (Fsp3) is 0.286. The summed E-state index contributed by atoms with van der Waals surface area (Å²) in [5, 5.41) is 0. The first kappa shape index (κ1) is 20.2. The number of rotatable bonds is 8. The van der Waals surface area contributed by atoms with Gasteiger partial charge in [-0.2, -0.15) is 0 Å². The Morgan fingerprint density at radius 2 is 1.97 bits per heavy atom. The highest BCUT2D eigenvalue weighted by molar-refractivity contribution is 7.89. The average Bonchev–Trinajstić information content (AvgIpc) is 3.49. The largest absolute Gasteiger partial charge is 0.497 e. The van der Waals surface area contributed by atoms with Crippen LogP contribution in [0.5, 0.6) is 11.5 Å². The molecule has 0 radical (unpaired) electrons. The number of hydrogen-bond acceptors (Lipinski definition) is 6. The zero-order valence-electron chi connectivity index (χ0n) is 16.8. The normalized spacial score (nSPS) is 13.9. The number of sulfonamides is 1. The van der Waals surface area contributed by atoms with Crippen molar-refractivity contribution in [3.63, 3.8) is 0 Å². The second-order valence-electron chi connectivity index (χ2n) is 7.21. The highest BCUT2D eigenvalue weighted by Crippen LogP contribution is 2.39. The molecule has 1 aliphatic rings. The topological polar surface area (TPSA) is 108 Å². The zero-order chi connectivity index (χ0) is 21.3. The smallest absolute Gasteiger partial charge is 0.243 e. The van der Waals surface area contributed by atoms with E-state index in [1.165, 1.54) is 13.2 Å². The molecule has 1 saturated carbocycles. The van der Waals surface area contributed by atoms with Gasteiger partial charge in [0.25, 0.3) is 0 Å². The van der Waals surface area contributed by atoms with E-state index < -0.39 is 10.0 Å². The van der Waals surface area contributed by atoms with Gasteiger partial charge in [-0.15, -0.1) is 0 Å². The van der Waals surface area contributed by atoms with Gasteiger partial charge in [0.05, 0.1) is 31.9 Å². The Hall–Kier alpha value is -3.04. The van der Waals surface area contributed by atoms with Crippen LogP contribution in [0.4, 0.5) is 5.69 Å². The first-order valence-electron chi connectivity index (χ1n) is 9.55. The zero-order valence-corrected chi connectivity index (χ0v) is 17.6. The van der Waals surface area contributed by atoms with Crippen LogP contribution in [0.1, 0.15) is 30.0 Å². The Kier molecular flexibility index (Phi) is 5.40. The van der Waals surface area contributed by atoms with Crippen molar-refractivity contribution in [1.82, 2.24) is 14.3 Å². The monoisotopic (exact) mass is 428 g/mol. The van der Waals surface area contributed by atoms with Gasteiger partial charge in [0, 0.05) is 36.0 Å². The molecular weight excluding hydrogens is 404 g/mol. The van der Waals surface area contributed by atoms with Gasteiger partial charge in [0.2, 0.25) is 10.0 Å². The van der Waals surface area contributed by atoms with Gasteiger partial charge in [0.1, 0.15) is 16.4 Å². The van der Waals surface area contributed by atoms with Crippen molar-refractivity contribution in [3.05, 3.63) is 60.2 Å². The average molecular weight is 429 g/mol. The first-order chi connectivity index (χ1) is 14.4. The minimum atomic E-state index is -3.86. The number of methoxy groups -OCH3 is 2. The van der Waals surface area contributed by atoms with Gasteiger partial charge in [0.15, 0.2) is 0 Å². The Morgan fingerprint density at radius 3 is 2.67 bits per heavy atom. The van der Waals surface area contributed by atoms with Crippen LogP contribution in [0.25, 0.3) is 5.69 Å². The number of anilines is 1. The fourth-order valence-corrected chi connectivity index (χ4v) is 4.51. The molecule has 4 rings (SSSR count). The number of nitrogens with zero attached hydrogens (tertiary/aromatic N) is 2. The third-order valence-electron chi connectivity index (χ3n) is 5.10. The SMILES string of the molecule is COc1ccc(CNS(=O)(=O)c2cc(N)ccc2-n2cnc(C3CC3)c2)c(OC)c1. The standard InChI is InChI=1S/C21H24N4O4S/c1-28-17-7-5-15(20(10-17)29-2)11-24-30(26,27)21-9-16(22)6-8-19(21)25-12-18(23-13-25)14-3-4-14/h5-10,12-14,24H,3-4,11,22H2,1-2H3. The molecular formula is C21H24N4O4S. The van der Waals surface area contributed by atoms with E-state index in [4.69, 9.17) is 15.2 Å². The Balaban J connectivity index is 1.63. The summed E-state index contributed by atoms with van der Waals surface area (Å²) in [6.45, 7) is 0.0565. The molecule has 0 aliphatic heterocycles. The van der Waals surface area contributed by atoms with Crippen LogP contribution in [0.2, 0.25) is 0 Å². The highest BCUT2D eigenvalue weighted by atomic mass is 32.2. The van der Waals surface area contributed by atoms with Crippen LogP contribution in [-0.4, -0.2) is 32.2 Å². The molecule has 30 heavy (non-hydrogen) atoms. The Morgan fingerprint density at radius 1 is 1.17 bits per heavy atom. The predicted octanol–water partition coefficient (Wildman–Crippen LogP) is 2.83. The van der Waals surface area contributed by atoms with Crippen LogP contribution < -0.4 is 19.9 Å². The molecule has 158 valence electrons. The van der Waals surface area contributed by atoms with Gasteiger partial charge >= 0.3 is 0 Å². The molecule has 1 fully saturated rings. The molecule has 8 nitrogen and oxygen atoms in total. The number of nitrogens with one attached hydrogen (secondary N) is 1. The van der Waals surface area contributed by atoms with Crippen molar-refractivity contribution in [2.75, 3.05) is 20.0 Å². The van der Waals surface area contributed by atoms with Crippen LogP contribution in [0.3, 0.4) is 0 Å². The minimum Gasteiger partial charge on any atom is -0.497 e. The van der Waals surface area contributed by atoms with Gasteiger partial charge in [-0.1, -0.05) is 6.07 Å². The number of imidazole rings is 1. The van der Waals surface area contributed by atoms with Crippen molar-refractivity contribution in [1.29, 1.82) is 0 Å². The summed E-state index contributed by atoms with van der Waals surface area (Å²) in [6.07, 6.45) is 5.77. The molecule has 1 aliphatic carbocycles. The van der Waals surface area contributed by atoms with Crippen molar-refractivity contribution >= 4 is 15.7 Å². The third-order valence-corrected chi connectivity index (χ3v) is 6.53. The van der Waals surface area contributed by atoms with E-state index in [1.54, 1.807) is 48.3 Å². The summed E-state index contributed by atoms with van der Waals surface area (Å²) in [5.41, 5.74) is 8.43. The van der Waals surface area contributed by atoms with Gasteiger partial charge < -0.3 is 19.8 Å². The molecule has 0 atom stereocenters. The lowest BCUT2D eigenvalue weighted by atomic mass is 10.2. The summed E-state index contributed by atoms with van der Waals surface area (Å²) >= 11 is 0. The molecule has 2 aromatic carbocycles. The maximum Gasteiger partial charge on any atom is 0.243 e. The molecule has 0 saturated heterocycles. The molecule has 0 bridgehead atoms. The van der Waals surface area contributed by atoms with Crippen LogP contribution >= 0.6 is 0 Å². The van der Waals surface area contributed by atoms with E-state index in [0.29, 0.717) is 34.4 Å². The van der Waals surface area contributed by atoms with Crippen molar-refractivity contribution in [2.24, 2.45) is 0 Å². The van der Waals surface area contributed by atoms with Gasteiger partial charge in [-0.3, -0.25) is 0 Å². The number of benzene rings is 2. The second kappa shape index (κ2) is 8.00. The summed E-state index contributed by atoms with van der Waals surface area (Å²) in [4.78, 5) is 4.51. The molecule has 3 N–H and O–H groups in total. The Labute approximate surface area is 175 Å². The molecule has 0 amide bonds. The summed E-state index contributed by atoms with van der Waals surface area (Å²) in [7, 11) is -0.775. The van der Waals surface area contributed by atoms with E-state index in [-0.39, 0.29) is 11.4 Å². The van der Waals surface area contributed by atoms with Crippen LogP contribution in [-0.2, 0) is 16.6 Å². The molecule has 1 aromatic heterocycles. The molecule has 0 unspecified atom stereocenters. The number of aromatic nitrogens is 2. The summed E-state index contributed by atoms with van der Waals surface area (Å²) in [6, 6.07) is 10.1. The number of nitrogen functional groups attached to an aromatic ring is 1. The number of ether oxygens (including phenoxy) is 2. The third kappa shape index (κ3) is 4.12. The van der Waals surface area contributed by atoms with Gasteiger partial charge in [-0.05, 0) is 37.1 Å². The van der Waals surface area contributed by atoms with Gasteiger partial charge in [-0.25, -0.2) is 18.1 Å². The molecule has 3 aromatic rings. The lowest BCUT2D eigenvalue weighted by Gasteiger charge is -2.14. The first-order valence-corrected chi connectivity index (χ1v) is 11.0. The lowest BCUT2D eigenvalue weighted by molar-refractivity contribution is 0.390. The predicted molar refractivity (Wildman–Crippen MR) is 114 cm³/mol. The minimum absolute atomic E-state index is 0.0565. The van der Waals surface area contributed by atoms with Crippen molar-refractivity contribution < 1.29 is 17.9 Å². The molecule has 1 heterocycles. The van der Waals surface area contributed by atoms with E-state index >= 15 is 0 Å². The van der Waals surface area contributed by atoms with E-state index in [0.717, 1.165) is 18.5 Å². The van der Waals surface area contributed by atoms with Crippen LogP contribution in [0.15, 0.2) is 53.8 Å². The van der Waals surface area contributed by atoms with E-state index in [9.17, 15) is 8.42 Å². The Bertz CT molecular complexity index is 1170. The maximum atomic E-state index is 13.2. The highest BCUT2D eigenvalue weighted by Gasteiger charge is 2.27. The van der Waals surface area contributed by atoms with E-state index in [2.05, 4.69) is 9.71 Å². The van der Waals surface area contributed by atoms with Crippen LogP contribution in [0, 0.1) is 0 Å². The number of hydrogen-bond donors (Lipinski definition) is 2. The molecule has 9 heteroatoms. The van der Waals surface area contributed by atoms with Crippen molar-refractivity contribution in [3.8, 4) is 17.2 Å². The molecule has 0 spiro atoms. The number of nitrogens with two attached hydrogens (primary N) is 1. The van der Waals surface area contributed by atoms with Crippen molar-refractivity contribution in [2.45, 2.75) is 30.2 Å². The summed E-state index contributed by atoms with van der Waals surface area (Å²) in [5.74, 6) is 1.64. The lowest BCUT2D eigenvalue weighted by Crippen LogP contribution is -2.25. The van der Waals surface area contributed by atoms with E-state index in [1.807, 2.05) is 6.20 Å². The fourth-order valence-electron chi connectivity index (χ4n) is 3.27. The second-order valence-corrected chi connectivity index (χ2v) is 8.94.